The molecule has 2 heterocycles. The summed E-state index contributed by atoms with van der Waals surface area (Å²) < 4.78 is 0. The van der Waals surface area contributed by atoms with Crippen LogP contribution in [0, 0.1) is 13.8 Å². The molecule has 0 spiro atoms. The highest BCUT2D eigenvalue weighted by molar-refractivity contribution is 6.35. The zero-order valence-corrected chi connectivity index (χ0v) is 16.6. The number of aryl methyl sites for hydroxylation is 1. The van der Waals surface area contributed by atoms with Gasteiger partial charge in [0, 0.05) is 29.2 Å². The van der Waals surface area contributed by atoms with Crippen molar-refractivity contribution < 1.29 is 9.90 Å². The quantitative estimate of drug-likeness (QED) is 0.659. The van der Waals surface area contributed by atoms with Crippen LogP contribution in [0.4, 0.5) is 5.69 Å². The molecule has 0 aliphatic carbocycles. The SMILES string of the molecule is Cc1[nH]c(/C=C2\C(=O)Nc3cccc(CCO)c32)c(C)c1CCCN(C)C. The van der Waals surface area contributed by atoms with Crippen LogP contribution in [0.1, 0.15) is 40.1 Å². The van der Waals surface area contributed by atoms with Gasteiger partial charge in [-0.2, -0.15) is 0 Å². The summed E-state index contributed by atoms with van der Waals surface area (Å²) in [6.07, 6.45) is 4.62. The third-order valence-corrected chi connectivity index (χ3v) is 5.25. The van der Waals surface area contributed by atoms with Gasteiger partial charge in [-0.3, -0.25) is 4.79 Å². The van der Waals surface area contributed by atoms with Crippen LogP contribution in [-0.2, 0) is 17.6 Å². The number of aromatic nitrogens is 1. The first-order chi connectivity index (χ1) is 12.9. The van der Waals surface area contributed by atoms with Crippen molar-refractivity contribution in [1.29, 1.82) is 0 Å². The maximum absolute atomic E-state index is 12.6. The van der Waals surface area contributed by atoms with E-state index < -0.39 is 0 Å². The minimum Gasteiger partial charge on any atom is -0.396 e. The topological polar surface area (TPSA) is 68.4 Å². The van der Waals surface area contributed by atoms with Gasteiger partial charge in [0.1, 0.15) is 0 Å². The number of nitrogens with one attached hydrogen (secondary N) is 2. The van der Waals surface area contributed by atoms with Gasteiger partial charge < -0.3 is 20.3 Å². The van der Waals surface area contributed by atoms with Crippen molar-refractivity contribution in [2.45, 2.75) is 33.1 Å². The Morgan fingerprint density at radius 3 is 2.67 bits per heavy atom. The third kappa shape index (κ3) is 3.99. The number of nitrogens with zero attached hydrogens (tertiary/aromatic N) is 1. The number of aromatic amines is 1. The van der Waals surface area contributed by atoms with E-state index in [0.29, 0.717) is 12.0 Å². The fourth-order valence-corrected chi connectivity index (χ4v) is 3.84. The van der Waals surface area contributed by atoms with Crippen LogP contribution in [0.15, 0.2) is 18.2 Å². The first-order valence-corrected chi connectivity index (χ1v) is 9.51. The summed E-state index contributed by atoms with van der Waals surface area (Å²) in [5.74, 6) is -0.0869. The van der Waals surface area contributed by atoms with Gasteiger partial charge in [0.05, 0.1) is 5.57 Å². The van der Waals surface area contributed by atoms with Crippen LogP contribution < -0.4 is 5.32 Å². The van der Waals surface area contributed by atoms with Crippen molar-refractivity contribution in [2.24, 2.45) is 0 Å². The molecule has 0 bridgehead atoms. The van der Waals surface area contributed by atoms with Crippen LogP contribution in [0.5, 0.6) is 0 Å². The van der Waals surface area contributed by atoms with E-state index in [-0.39, 0.29) is 12.5 Å². The molecule has 0 unspecified atom stereocenters. The second-order valence-corrected chi connectivity index (χ2v) is 7.50. The lowest BCUT2D eigenvalue weighted by Gasteiger charge is -2.09. The Balaban J connectivity index is 1.96. The van der Waals surface area contributed by atoms with Crippen molar-refractivity contribution in [1.82, 2.24) is 9.88 Å². The Labute approximate surface area is 161 Å². The molecule has 1 aromatic carbocycles. The number of amides is 1. The summed E-state index contributed by atoms with van der Waals surface area (Å²) in [6, 6.07) is 5.80. The predicted octanol–water partition coefficient (Wildman–Crippen LogP) is 3.15. The van der Waals surface area contributed by atoms with Crippen molar-refractivity contribution in [3.63, 3.8) is 0 Å². The van der Waals surface area contributed by atoms with Gasteiger partial charge >= 0.3 is 0 Å². The molecule has 1 aliphatic heterocycles. The van der Waals surface area contributed by atoms with Crippen LogP contribution in [0.2, 0.25) is 0 Å². The molecule has 5 heteroatoms. The second kappa shape index (κ2) is 8.11. The molecular formula is C22H29N3O2. The van der Waals surface area contributed by atoms with Gasteiger partial charge in [-0.1, -0.05) is 12.1 Å². The average Bonchev–Trinajstić information content (AvgIpc) is 3.07. The maximum atomic E-state index is 12.6. The second-order valence-electron chi connectivity index (χ2n) is 7.50. The van der Waals surface area contributed by atoms with E-state index in [2.05, 4.69) is 43.1 Å². The molecule has 3 rings (SSSR count). The molecule has 1 aliphatic rings. The van der Waals surface area contributed by atoms with Crippen LogP contribution in [0.25, 0.3) is 11.6 Å². The molecule has 2 aromatic rings. The lowest BCUT2D eigenvalue weighted by molar-refractivity contribution is -0.110. The lowest BCUT2D eigenvalue weighted by Crippen LogP contribution is -2.13. The third-order valence-electron chi connectivity index (χ3n) is 5.25. The highest BCUT2D eigenvalue weighted by Crippen LogP contribution is 2.36. The molecule has 1 aromatic heterocycles. The molecule has 0 saturated carbocycles. The Morgan fingerprint density at radius 2 is 1.96 bits per heavy atom. The average molecular weight is 367 g/mol. The summed E-state index contributed by atoms with van der Waals surface area (Å²) >= 11 is 0. The number of H-pyrrole nitrogens is 1. The van der Waals surface area contributed by atoms with Gasteiger partial charge in [0.2, 0.25) is 0 Å². The largest absolute Gasteiger partial charge is 0.396 e. The zero-order chi connectivity index (χ0) is 19.6. The molecule has 27 heavy (non-hydrogen) atoms. The zero-order valence-electron chi connectivity index (χ0n) is 16.6. The first kappa shape index (κ1) is 19.4. The summed E-state index contributed by atoms with van der Waals surface area (Å²) in [7, 11) is 4.18. The molecule has 0 fully saturated rings. The Kier molecular flexibility index (Phi) is 5.82. The number of fused-ring (bicyclic) bond motifs is 1. The van der Waals surface area contributed by atoms with Crippen LogP contribution >= 0.6 is 0 Å². The fraction of sp³-hybridized carbons (Fsp3) is 0.409. The molecule has 0 radical (unpaired) electrons. The number of hydrogen-bond acceptors (Lipinski definition) is 3. The summed E-state index contributed by atoms with van der Waals surface area (Å²) in [6.45, 7) is 5.34. The Bertz CT molecular complexity index is 878. The highest BCUT2D eigenvalue weighted by Gasteiger charge is 2.27. The smallest absolute Gasteiger partial charge is 0.256 e. The summed E-state index contributed by atoms with van der Waals surface area (Å²) in [5, 5.41) is 12.3. The molecule has 144 valence electrons. The Hall–Kier alpha value is -2.37. The normalized spacial score (nSPS) is 14.9. The van der Waals surface area contributed by atoms with E-state index in [9.17, 15) is 9.90 Å². The van der Waals surface area contributed by atoms with Crippen molar-refractivity contribution >= 4 is 23.2 Å². The molecule has 0 atom stereocenters. The maximum Gasteiger partial charge on any atom is 0.256 e. The van der Waals surface area contributed by atoms with Crippen LogP contribution in [0.3, 0.4) is 0 Å². The number of rotatable bonds is 7. The highest BCUT2D eigenvalue weighted by atomic mass is 16.3. The van der Waals surface area contributed by atoms with Gasteiger partial charge in [0.15, 0.2) is 0 Å². The number of benzene rings is 1. The van der Waals surface area contributed by atoms with Crippen molar-refractivity contribution in [3.8, 4) is 0 Å². The van der Waals surface area contributed by atoms with E-state index in [0.717, 1.165) is 41.9 Å². The Morgan fingerprint density at radius 1 is 1.19 bits per heavy atom. The molecule has 0 saturated heterocycles. The fourth-order valence-electron chi connectivity index (χ4n) is 3.84. The summed E-state index contributed by atoms with van der Waals surface area (Å²) in [5.41, 5.74) is 8.10. The first-order valence-electron chi connectivity index (χ1n) is 9.51. The molecule has 1 amide bonds. The van der Waals surface area contributed by atoms with Crippen LogP contribution in [-0.4, -0.2) is 48.1 Å². The number of aliphatic hydroxyl groups is 1. The van der Waals surface area contributed by atoms with E-state index in [1.165, 1.54) is 16.8 Å². The molecule has 5 nitrogen and oxygen atoms in total. The number of anilines is 1. The van der Waals surface area contributed by atoms with Crippen molar-refractivity contribution in [2.75, 3.05) is 32.6 Å². The van der Waals surface area contributed by atoms with E-state index in [1.807, 2.05) is 24.3 Å². The number of carbonyl (C=O) groups excluding carboxylic acids is 1. The van der Waals surface area contributed by atoms with Gasteiger partial charge in [-0.15, -0.1) is 0 Å². The van der Waals surface area contributed by atoms with Crippen molar-refractivity contribution in [3.05, 3.63) is 51.8 Å². The number of hydrogen-bond donors (Lipinski definition) is 3. The molecule has 3 N–H and O–H groups in total. The number of carbonyl (C=O) groups is 1. The summed E-state index contributed by atoms with van der Waals surface area (Å²) in [4.78, 5) is 18.2. The lowest BCUT2D eigenvalue weighted by atomic mass is 9.97. The van der Waals surface area contributed by atoms with Gasteiger partial charge in [-0.05, 0) is 82.6 Å². The van der Waals surface area contributed by atoms with E-state index in [4.69, 9.17) is 0 Å². The monoisotopic (exact) mass is 367 g/mol. The van der Waals surface area contributed by atoms with E-state index in [1.54, 1.807) is 0 Å². The standard InChI is InChI=1S/C22H29N3O2/c1-14-17(8-6-11-25(3)4)15(2)23-20(14)13-18-21-16(10-12-26)7-5-9-19(21)24-22(18)27/h5,7,9,13,23,26H,6,8,10-12H2,1-4H3,(H,24,27)/b18-13-. The minimum atomic E-state index is -0.0869. The van der Waals surface area contributed by atoms with Gasteiger partial charge in [0.25, 0.3) is 5.91 Å². The van der Waals surface area contributed by atoms with E-state index >= 15 is 0 Å². The van der Waals surface area contributed by atoms with Gasteiger partial charge in [-0.25, -0.2) is 0 Å². The minimum absolute atomic E-state index is 0.0641. The molecular weight excluding hydrogens is 338 g/mol. The number of aliphatic hydroxyl groups excluding tert-OH is 1. The predicted molar refractivity (Wildman–Crippen MR) is 111 cm³/mol.